The van der Waals surface area contributed by atoms with Crippen LogP contribution in [0.15, 0.2) is 60.7 Å². The highest BCUT2D eigenvalue weighted by atomic mass is 32.2. The minimum Gasteiger partial charge on any atom is -0.460 e. The van der Waals surface area contributed by atoms with Crippen molar-refractivity contribution in [3.63, 3.8) is 0 Å². The van der Waals surface area contributed by atoms with Crippen LogP contribution in [0.5, 0.6) is 0 Å². The zero-order valence-electron chi connectivity index (χ0n) is 32.2. The summed E-state index contributed by atoms with van der Waals surface area (Å²) in [4.78, 5) is 73.5. The minimum absolute atomic E-state index is 0.154. The number of hydrogen-bond acceptors (Lipinski definition) is 8. The van der Waals surface area contributed by atoms with Crippen LogP contribution in [0.2, 0.25) is 0 Å². The van der Waals surface area contributed by atoms with E-state index in [0.29, 0.717) is 37.7 Å². The first-order chi connectivity index (χ1) is 26.5. The predicted octanol–water partition coefficient (Wildman–Crippen LogP) is 4.74. The van der Waals surface area contributed by atoms with Gasteiger partial charge in [0.05, 0.1) is 11.7 Å². The molecule has 0 aromatic heterocycles. The Morgan fingerprint density at radius 3 is 2.43 bits per heavy atom. The van der Waals surface area contributed by atoms with Crippen LogP contribution >= 0.6 is 0 Å². The number of hydrogen-bond donors (Lipinski definition) is 2. The van der Waals surface area contributed by atoms with Crippen molar-refractivity contribution in [2.24, 2.45) is 23.7 Å². The van der Waals surface area contributed by atoms with Gasteiger partial charge in [0.25, 0.3) is 11.8 Å². The molecule has 0 radical (unpaired) electrons. The van der Waals surface area contributed by atoms with E-state index in [0.717, 1.165) is 24.0 Å². The maximum Gasteiger partial charge on any atom is 0.307 e. The van der Waals surface area contributed by atoms with Crippen molar-refractivity contribution >= 4 is 39.6 Å². The number of nitrogens with zero attached hydrogens (tertiary/aromatic N) is 2. The van der Waals surface area contributed by atoms with E-state index in [-0.39, 0.29) is 56.0 Å². The molecular formula is C42H51FN4O8S. The average molecular weight is 791 g/mol. The van der Waals surface area contributed by atoms with Gasteiger partial charge in [0.15, 0.2) is 0 Å². The first-order valence-electron chi connectivity index (χ1n) is 19.8. The highest BCUT2D eigenvalue weighted by Gasteiger charge is 2.63. The number of esters is 1. The van der Waals surface area contributed by atoms with Gasteiger partial charge in [-0.05, 0) is 94.7 Å². The van der Waals surface area contributed by atoms with Gasteiger partial charge in [-0.15, -0.1) is 0 Å². The van der Waals surface area contributed by atoms with Gasteiger partial charge in [0.2, 0.25) is 21.8 Å². The van der Waals surface area contributed by atoms with Gasteiger partial charge >= 0.3 is 5.97 Å². The lowest BCUT2D eigenvalue weighted by molar-refractivity contribution is -0.159. The summed E-state index contributed by atoms with van der Waals surface area (Å²) in [6.45, 7) is 5.87. The Bertz CT molecular complexity index is 2030. The van der Waals surface area contributed by atoms with E-state index in [9.17, 15) is 36.8 Å². The van der Waals surface area contributed by atoms with Crippen molar-refractivity contribution in [1.82, 2.24) is 19.8 Å². The summed E-state index contributed by atoms with van der Waals surface area (Å²) in [6.07, 6.45) is 8.19. The molecule has 14 heteroatoms. The average Bonchev–Trinajstić information content (AvgIpc) is 4.04. The van der Waals surface area contributed by atoms with Gasteiger partial charge in [-0.1, -0.05) is 49.3 Å². The summed E-state index contributed by atoms with van der Waals surface area (Å²) < 4.78 is 47.3. The third-order valence-corrected chi connectivity index (χ3v) is 13.5. The Kier molecular flexibility index (Phi) is 10.9. The number of benzene rings is 2. The second-order valence-electron chi connectivity index (χ2n) is 17.2. The third kappa shape index (κ3) is 8.54. The van der Waals surface area contributed by atoms with Crippen LogP contribution in [0.1, 0.15) is 88.9 Å². The van der Waals surface area contributed by atoms with E-state index in [1.54, 1.807) is 56.0 Å². The molecule has 300 valence electrons. The number of sulfonamides is 1. The van der Waals surface area contributed by atoms with Crippen LogP contribution in [-0.4, -0.2) is 89.9 Å². The fraction of sp³-hybridized carbons (Fsp3) is 0.548. The highest BCUT2D eigenvalue weighted by molar-refractivity contribution is 7.91. The molecule has 2 saturated carbocycles. The Labute approximate surface area is 327 Å². The fourth-order valence-corrected chi connectivity index (χ4v) is 9.97. The molecule has 2 saturated heterocycles. The molecule has 12 nitrogen and oxygen atoms in total. The molecule has 2 N–H and O–H groups in total. The lowest BCUT2D eigenvalue weighted by Crippen LogP contribution is -2.58. The lowest BCUT2D eigenvalue weighted by Gasteiger charge is -2.33. The monoisotopic (exact) mass is 790 g/mol. The van der Waals surface area contributed by atoms with E-state index < -0.39 is 68.0 Å². The predicted molar refractivity (Wildman–Crippen MR) is 205 cm³/mol. The number of ether oxygens (including phenoxy) is 1. The van der Waals surface area contributed by atoms with Crippen LogP contribution in [0.4, 0.5) is 4.39 Å². The maximum absolute atomic E-state index is 14.7. The van der Waals surface area contributed by atoms with Crippen molar-refractivity contribution in [2.75, 3.05) is 19.6 Å². The molecule has 0 bridgehead atoms. The molecular weight excluding hydrogens is 740 g/mol. The van der Waals surface area contributed by atoms with Crippen molar-refractivity contribution in [3.8, 4) is 11.1 Å². The molecule has 0 spiro atoms. The van der Waals surface area contributed by atoms with Crippen molar-refractivity contribution < 1.29 is 41.5 Å². The Morgan fingerprint density at radius 1 is 0.964 bits per heavy atom. The second kappa shape index (κ2) is 15.4. The first-order valence-corrected chi connectivity index (χ1v) is 21.3. The zero-order chi connectivity index (χ0) is 40.0. The second-order valence-corrected chi connectivity index (χ2v) is 19.1. The topological polar surface area (TPSA) is 159 Å². The molecule has 6 atom stereocenters. The summed E-state index contributed by atoms with van der Waals surface area (Å²) in [5.74, 6) is -4.85. The molecule has 5 aliphatic rings. The van der Waals surface area contributed by atoms with E-state index in [1.807, 2.05) is 18.2 Å². The first kappa shape index (κ1) is 39.6. The molecule has 7 rings (SSSR count). The lowest BCUT2D eigenvalue weighted by atomic mass is 9.92. The van der Waals surface area contributed by atoms with Crippen LogP contribution in [-0.2, 0) is 33.9 Å². The van der Waals surface area contributed by atoms with Gasteiger partial charge in [0.1, 0.15) is 23.0 Å². The molecule has 2 aromatic carbocycles. The molecule has 3 aliphatic heterocycles. The Hall–Kier alpha value is -4.59. The number of halogens is 1. The Morgan fingerprint density at radius 2 is 1.71 bits per heavy atom. The smallest absolute Gasteiger partial charge is 0.307 e. The number of nitrogens with one attached hydrogen (secondary N) is 2. The number of rotatable bonds is 7. The quantitative estimate of drug-likeness (QED) is 0.301. The summed E-state index contributed by atoms with van der Waals surface area (Å²) in [7, 11) is -3.91. The molecule has 2 aromatic rings. The summed E-state index contributed by atoms with van der Waals surface area (Å²) >= 11 is 0. The molecule has 4 amide bonds. The Balaban J connectivity index is 1.18. The normalized spacial score (nSPS) is 28.8. The van der Waals surface area contributed by atoms with Crippen LogP contribution in [0.25, 0.3) is 11.1 Å². The van der Waals surface area contributed by atoms with Crippen LogP contribution in [0.3, 0.4) is 0 Å². The number of amides is 4. The zero-order valence-corrected chi connectivity index (χ0v) is 33.0. The van der Waals surface area contributed by atoms with Crippen molar-refractivity contribution in [2.45, 2.75) is 101 Å². The molecule has 4 fully saturated rings. The van der Waals surface area contributed by atoms with Gasteiger partial charge in [-0.3, -0.25) is 28.7 Å². The molecule has 0 unspecified atom stereocenters. The third-order valence-electron chi connectivity index (χ3n) is 11.7. The van der Waals surface area contributed by atoms with Gasteiger partial charge in [0, 0.05) is 48.9 Å². The largest absolute Gasteiger partial charge is 0.460 e. The van der Waals surface area contributed by atoms with Gasteiger partial charge < -0.3 is 19.9 Å². The fourth-order valence-electron chi connectivity index (χ4n) is 8.61. The molecule has 56 heavy (non-hydrogen) atoms. The van der Waals surface area contributed by atoms with Crippen LogP contribution in [0, 0.1) is 29.5 Å². The summed E-state index contributed by atoms with van der Waals surface area (Å²) in [5.41, 5.74) is -0.366. The van der Waals surface area contributed by atoms with E-state index >= 15 is 0 Å². The summed E-state index contributed by atoms with van der Waals surface area (Å²) in [6, 6.07) is 12.0. The minimum atomic E-state index is -3.91. The van der Waals surface area contributed by atoms with Crippen molar-refractivity contribution in [1.29, 1.82) is 0 Å². The molecule has 3 heterocycles. The summed E-state index contributed by atoms with van der Waals surface area (Å²) in [5, 5.41) is 2.29. The van der Waals surface area contributed by atoms with E-state index in [4.69, 9.17) is 4.74 Å². The molecule has 2 aliphatic carbocycles. The highest BCUT2D eigenvalue weighted by Crippen LogP contribution is 2.47. The number of likely N-dealkylation sites (tertiary alicyclic amines) is 1. The van der Waals surface area contributed by atoms with Crippen LogP contribution < -0.4 is 10.0 Å². The van der Waals surface area contributed by atoms with Gasteiger partial charge in [-0.2, -0.15) is 0 Å². The number of carbonyl (C=O) groups is 5. The van der Waals surface area contributed by atoms with E-state index in [1.165, 1.54) is 17.0 Å². The number of fused-ring (bicyclic) bond motifs is 4. The van der Waals surface area contributed by atoms with E-state index in [2.05, 4.69) is 10.0 Å². The standard InChI is InChI=1S/C42H51FN4O8S/c1-41(2,3)55-35(48)21-29-10-7-5-4-6-8-13-31-22-42(31,40(52)45-56(53,54)33-18-19-33)44-37(49)36-34-25-46(23-30(34)24-47(36)39(29)51)38(50)28-12-9-11-27(20-28)26-14-16-32(43)17-15-26/h8-9,11-17,20,29-31,33-34,36H,4-7,10,18-19,21-25H2,1-3H3,(H,44,49)(H,45,52)/b13-8-/t29-,30-,31+,34-,36-,42+/m0/s1. The number of carbonyl (C=O) groups excluding carboxylic acids is 5. The maximum atomic E-state index is 14.7. The number of allylic oxidation sites excluding steroid dienone is 1. The van der Waals surface area contributed by atoms with Crippen molar-refractivity contribution in [3.05, 3.63) is 72.1 Å². The van der Waals surface area contributed by atoms with Gasteiger partial charge in [-0.25, -0.2) is 12.8 Å². The SMILES string of the molecule is CC(C)(C)OC(=O)C[C@@H]1CCCCC/C=C\[C@@H]2C[C@@]2(C(=O)NS(=O)(=O)C2CC2)NC(=O)[C@@H]2[C@H]3CN(C(=O)c4cccc(-c5ccc(F)cc5)c4)C[C@H]3CN2C1=O.